The van der Waals surface area contributed by atoms with Crippen LogP contribution in [0.15, 0.2) is 30.7 Å². The van der Waals surface area contributed by atoms with Crippen LogP contribution >= 0.6 is 11.6 Å². The van der Waals surface area contributed by atoms with Gasteiger partial charge in [0.05, 0.1) is 65.5 Å². The van der Waals surface area contributed by atoms with E-state index in [4.69, 9.17) is 21.4 Å². The summed E-state index contributed by atoms with van der Waals surface area (Å²) in [6.45, 7) is 7.70. The van der Waals surface area contributed by atoms with E-state index >= 15 is 0 Å². The Hall–Kier alpha value is -2.62. The van der Waals surface area contributed by atoms with Crippen LogP contribution in [0.5, 0.6) is 0 Å². The number of benzene rings is 1. The van der Waals surface area contributed by atoms with Gasteiger partial charge in [-0.1, -0.05) is 11.6 Å². The van der Waals surface area contributed by atoms with Crippen molar-refractivity contribution in [3.63, 3.8) is 0 Å². The average molecular weight is 471 g/mol. The molecule has 6 rings (SSSR count). The van der Waals surface area contributed by atoms with Crippen molar-refractivity contribution < 1.29 is 14.6 Å². The zero-order valence-corrected chi connectivity index (χ0v) is 19.3. The topological polar surface area (TPSA) is 88.7 Å². The number of aliphatic carboxylic acids is 1. The minimum Gasteiger partial charge on any atom is -0.481 e. The summed E-state index contributed by atoms with van der Waals surface area (Å²) < 4.78 is 9.19. The van der Waals surface area contributed by atoms with E-state index < -0.39 is 5.97 Å². The fourth-order valence-corrected chi connectivity index (χ4v) is 5.48. The molecule has 174 valence electrons. The van der Waals surface area contributed by atoms with Crippen molar-refractivity contribution in [2.45, 2.75) is 31.3 Å². The van der Waals surface area contributed by atoms with Crippen LogP contribution in [0.4, 0.5) is 5.69 Å². The summed E-state index contributed by atoms with van der Waals surface area (Å²) in [5.74, 6) is -0.991. The molecule has 33 heavy (non-hydrogen) atoms. The Balaban J connectivity index is 1.23. The summed E-state index contributed by atoms with van der Waals surface area (Å²) in [4.78, 5) is 16.0. The molecule has 10 heteroatoms. The number of fused-ring (bicyclic) bond motifs is 1. The fourth-order valence-electron chi connectivity index (χ4n) is 5.19. The van der Waals surface area contributed by atoms with Gasteiger partial charge in [-0.15, -0.1) is 0 Å². The Morgan fingerprint density at radius 2 is 1.91 bits per heavy atom. The molecule has 3 fully saturated rings. The van der Waals surface area contributed by atoms with Gasteiger partial charge in [0.25, 0.3) is 0 Å². The van der Waals surface area contributed by atoms with E-state index in [2.05, 4.69) is 33.0 Å². The maximum atomic E-state index is 11.1. The van der Waals surface area contributed by atoms with Gasteiger partial charge in [-0.2, -0.15) is 10.2 Å². The number of ether oxygens (including phenoxy) is 1. The number of carbonyl (C=O) groups is 1. The van der Waals surface area contributed by atoms with Gasteiger partial charge in [-0.25, -0.2) is 4.68 Å². The highest BCUT2D eigenvalue weighted by atomic mass is 35.5. The van der Waals surface area contributed by atoms with E-state index in [0.717, 1.165) is 66.7 Å². The van der Waals surface area contributed by atoms with Gasteiger partial charge in [-0.05, 0) is 31.9 Å². The molecule has 2 aliphatic heterocycles. The molecule has 2 saturated heterocycles. The van der Waals surface area contributed by atoms with Gasteiger partial charge in [0.15, 0.2) is 0 Å². The van der Waals surface area contributed by atoms with Crippen molar-refractivity contribution >= 4 is 34.2 Å². The van der Waals surface area contributed by atoms with Crippen molar-refractivity contribution in [3.8, 4) is 5.69 Å². The maximum Gasteiger partial charge on any atom is 0.306 e. The van der Waals surface area contributed by atoms with Crippen LogP contribution in [0.3, 0.4) is 0 Å². The van der Waals surface area contributed by atoms with Gasteiger partial charge in [0.1, 0.15) is 5.69 Å². The number of piperazine rings is 1. The Bertz CT molecular complexity index is 1200. The monoisotopic (exact) mass is 470 g/mol. The zero-order valence-electron chi connectivity index (χ0n) is 18.5. The molecule has 0 bridgehead atoms. The molecule has 4 heterocycles. The van der Waals surface area contributed by atoms with E-state index in [-0.39, 0.29) is 17.5 Å². The first-order valence-electron chi connectivity index (χ1n) is 11.4. The lowest BCUT2D eigenvalue weighted by molar-refractivity contribution is -0.146. The molecule has 0 amide bonds. The van der Waals surface area contributed by atoms with Crippen molar-refractivity contribution in [1.29, 1.82) is 0 Å². The van der Waals surface area contributed by atoms with Crippen molar-refractivity contribution in [1.82, 2.24) is 24.5 Å². The largest absolute Gasteiger partial charge is 0.481 e. The highest BCUT2D eigenvalue weighted by Gasteiger charge is 2.40. The van der Waals surface area contributed by atoms with Crippen LogP contribution in [-0.2, 0) is 9.53 Å². The zero-order chi connectivity index (χ0) is 22.7. The number of carboxylic acids is 1. The van der Waals surface area contributed by atoms with Gasteiger partial charge in [-0.3, -0.25) is 14.4 Å². The molecule has 0 spiro atoms. The first-order chi connectivity index (χ1) is 15.9. The quantitative estimate of drug-likeness (QED) is 0.613. The summed E-state index contributed by atoms with van der Waals surface area (Å²) in [6.07, 6.45) is 6.79. The molecule has 1 N–H and O–H groups in total. The van der Waals surface area contributed by atoms with E-state index in [1.807, 2.05) is 27.8 Å². The number of carboxylic acid groups (broad SMARTS) is 1. The minimum atomic E-state index is -0.725. The third-order valence-corrected chi connectivity index (χ3v) is 7.82. The summed E-state index contributed by atoms with van der Waals surface area (Å²) in [6, 6.07) is 4.23. The standard InChI is InChI=1S/C23H27ClN6O3/c1-23(13-33-14-23)28-4-2-27(3-5-28)21-9-20-16(8-19(21)24)10-26-30(20)18-11-25-29(12-18)17-6-15(7-17)22(31)32/h8-12,15,17H,2-7,13-14H2,1H3,(H,31,32)/t15-,17-. The summed E-state index contributed by atoms with van der Waals surface area (Å²) >= 11 is 6.69. The summed E-state index contributed by atoms with van der Waals surface area (Å²) in [7, 11) is 0. The molecule has 1 saturated carbocycles. The van der Waals surface area contributed by atoms with Crippen molar-refractivity contribution in [2.24, 2.45) is 5.92 Å². The Morgan fingerprint density at radius 3 is 2.58 bits per heavy atom. The number of rotatable bonds is 5. The Morgan fingerprint density at radius 1 is 1.15 bits per heavy atom. The first-order valence-corrected chi connectivity index (χ1v) is 11.8. The molecule has 1 aromatic carbocycles. The van der Waals surface area contributed by atoms with Gasteiger partial charge in [0.2, 0.25) is 0 Å². The normalized spacial score (nSPS) is 25.1. The van der Waals surface area contributed by atoms with Crippen LogP contribution in [0.2, 0.25) is 5.02 Å². The Labute approximate surface area is 196 Å². The van der Waals surface area contributed by atoms with Gasteiger partial charge < -0.3 is 14.7 Å². The van der Waals surface area contributed by atoms with Gasteiger partial charge >= 0.3 is 5.97 Å². The van der Waals surface area contributed by atoms with Crippen LogP contribution in [0, 0.1) is 5.92 Å². The SMILES string of the molecule is CC1(N2CCN(c3cc4c(cnn4-c4cnn([C@H]5C[C@H](C(=O)O)C5)c4)cc3Cl)CC2)COC1. The van der Waals surface area contributed by atoms with E-state index in [1.165, 1.54) is 0 Å². The van der Waals surface area contributed by atoms with Crippen LogP contribution in [0.25, 0.3) is 16.6 Å². The summed E-state index contributed by atoms with van der Waals surface area (Å²) in [5.41, 5.74) is 3.03. The van der Waals surface area contributed by atoms with Crippen LogP contribution in [-0.4, -0.2) is 80.5 Å². The number of halogens is 1. The molecule has 0 unspecified atom stereocenters. The molecular weight excluding hydrogens is 444 g/mol. The second-order valence-corrected chi connectivity index (χ2v) is 10.1. The molecular formula is C23H27ClN6O3. The van der Waals surface area contributed by atoms with Gasteiger partial charge in [0, 0.05) is 31.6 Å². The van der Waals surface area contributed by atoms with E-state index in [1.54, 1.807) is 6.20 Å². The predicted molar refractivity (Wildman–Crippen MR) is 124 cm³/mol. The lowest BCUT2D eigenvalue weighted by atomic mass is 9.80. The second kappa shape index (κ2) is 7.72. The third kappa shape index (κ3) is 3.50. The predicted octanol–water partition coefficient (Wildman–Crippen LogP) is 2.82. The minimum absolute atomic E-state index is 0.130. The molecule has 1 aliphatic carbocycles. The lowest BCUT2D eigenvalue weighted by Crippen LogP contribution is -2.64. The number of aromatic nitrogens is 4. The second-order valence-electron chi connectivity index (χ2n) is 9.72. The molecule has 3 aliphatic rings. The van der Waals surface area contributed by atoms with Crippen molar-refractivity contribution in [3.05, 3.63) is 35.7 Å². The molecule has 9 nitrogen and oxygen atoms in total. The Kier molecular flexibility index (Phi) is 4.90. The van der Waals surface area contributed by atoms with E-state index in [9.17, 15) is 4.79 Å². The van der Waals surface area contributed by atoms with Crippen molar-refractivity contribution in [2.75, 3.05) is 44.3 Å². The van der Waals surface area contributed by atoms with Crippen LogP contribution < -0.4 is 4.90 Å². The first kappa shape index (κ1) is 20.9. The highest BCUT2D eigenvalue weighted by Crippen LogP contribution is 2.38. The van der Waals surface area contributed by atoms with Crippen LogP contribution in [0.1, 0.15) is 25.8 Å². The van der Waals surface area contributed by atoms with E-state index in [0.29, 0.717) is 12.8 Å². The molecule has 3 aromatic rings. The fraction of sp³-hybridized carbons (Fsp3) is 0.522. The smallest absolute Gasteiger partial charge is 0.306 e. The number of nitrogens with zero attached hydrogens (tertiary/aromatic N) is 6. The lowest BCUT2D eigenvalue weighted by Gasteiger charge is -2.50. The highest BCUT2D eigenvalue weighted by molar-refractivity contribution is 6.34. The molecule has 0 radical (unpaired) electrons. The summed E-state index contributed by atoms with van der Waals surface area (Å²) in [5, 5.41) is 19.9. The number of anilines is 1. The molecule has 2 aromatic heterocycles. The molecule has 0 atom stereocenters. The number of hydrogen-bond donors (Lipinski definition) is 1. The average Bonchev–Trinajstić information content (AvgIpc) is 3.37. The number of hydrogen-bond acceptors (Lipinski definition) is 6. The maximum absolute atomic E-state index is 11.1. The third-order valence-electron chi connectivity index (χ3n) is 7.52.